The highest BCUT2D eigenvalue weighted by atomic mass is 14.2. The Hall–Kier alpha value is -1.55. The van der Waals surface area contributed by atoms with Crippen LogP contribution in [0.5, 0.6) is 0 Å². The minimum Gasteiger partial charge on any atom is -0.198 e. The van der Waals surface area contributed by atoms with E-state index in [-0.39, 0.29) is 0 Å². The summed E-state index contributed by atoms with van der Waals surface area (Å²) in [4.78, 5) is 0. The Bertz CT molecular complexity index is 317. The third-order valence-corrected chi connectivity index (χ3v) is 1.84. The summed E-state index contributed by atoms with van der Waals surface area (Å²) in [5, 5.41) is 8.40. The van der Waals surface area contributed by atoms with Crippen LogP contribution in [0.2, 0.25) is 0 Å². The molecule has 66 valence electrons. The van der Waals surface area contributed by atoms with Gasteiger partial charge in [-0.2, -0.15) is 5.26 Å². The first-order chi connectivity index (χ1) is 6.33. The number of nitrogens with zero attached hydrogens (tertiary/aromatic N) is 1. The van der Waals surface area contributed by atoms with Crippen LogP contribution in [-0.2, 0) is 0 Å². The maximum Gasteiger partial charge on any atom is 0.0625 e. The standard InChI is InChI=1S/C12H13N/c1-11(6-5-9-13)10-12-7-3-2-4-8-12/h2-4,7-8,10H,5-6H2,1H3/b11-10+. The van der Waals surface area contributed by atoms with E-state index in [0.29, 0.717) is 6.42 Å². The van der Waals surface area contributed by atoms with Crippen LogP contribution in [-0.4, -0.2) is 0 Å². The molecule has 0 aliphatic heterocycles. The van der Waals surface area contributed by atoms with Crippen LogP contribution in [0.3, 0.4) is 0 Å². The monoisotopic (exact) mass is 171 g/mol. The second-order valence-electron chi connectivity index (χ2n) is 3.06. The lowest BCUT2D eigenvalue weighted by atomic mass is 10.1. The van der Waals surface area contributed by atoms with E-state index in [1.54, 1.807) is 0 Å². The van der Waals surface area contributed by atoms with Crippen LogP contribution >= 0.6 is 0 Å². The highest BCUT2D eigenvalue weighted by Gasteiger charge is 1.90. The van der Waals surface area contributed by atoms with E-state index >= 15 is 0 Å². The quantitative estimate of drug-likeness (QED) is 0.683. The van der Waals surface area contributed by atoms with Gasteiger partial charge in [0.25, 0.3) is 0 Å². The lowest BCUT2D eigenvalue weighted by Gasteiger charge is -1.96. The van der Waals surface area contributed by atoms with E-state index in [1.165, 1.54) is 11.1 Å². The van der Waals surface area contributed by atoms with Gasteiger partial charge in [-0.1, -0.05) is 42.0 Å². The van der Waals surface area contributed by atoms with Gasteiger partial charge < -0.3 is 0 Å². The van der Waals surface area contributed by atoms with Gasteiger partial charge in [0.05, 0.1) is 6.07 Å². The molecule has 1 nitrogen and oxygen atoms in total. The Labute approximate surface area is 79.3 Å². The molecule has 0 atom stereocenters. The summed E-state index contributed by atoms with van der Waals surface area (Å²) in [6.07, 6.45) is 3.60. The van der Waals surface area contributed by atoms with Crippen molar-refractivity contribution in [2.45, 2.75) is 19.8 Å². The van der Waals surface area contributed by atoms with E-state index in [9.17, 15) is 0 Å². The summed E-state index contributed by atoms with van der Waals surface area (Å²) in [6.45, 7) is 2.06. The van der Waals surface area contributed by atoms with Crippen LogP contribution in [0.15, 0.2) is 35.9 Å². The van der Waals surface area contributed by atoms with Gasteiger partial charge in [0.1, 0.15) is 0 Å². The molecule has 0 spiro atoms. The van der Waals surface area contributed by atoms with Crippen LogP contribution in [0.1, 0.15) is 25.3 Å². The molecule has 0 amide bonds. The fourth-order valence-electron chi connectivity index (χ4n) is 1.16. The number of allylic oxidation sites excluding steroid dienone is 1. The van der Waals surface area contributed by atoms with Crippen molar-refractivity contribution >= 4 is 6.08 Å². The first-order valence-electron chi connectivity index (χ1n) is 4.42. The first-order valence-corrected chi connectivity index (χ1v) is 4.42. The largest absolute Gasteiger partial charge is 0.198 e. The minimum atomic E-state index is 0.606. The normalized spacial score (nSPS) is 10.9. The second kappa shape index (κ2) is 5.16. The molecule has 0 fully saturated rings. The van der Waals surface area contributed by atoms with Gasteiger partial charge in [0.15, 0.2) is 0 Å². The summed E-state index contributed by atoms with van der Waals surface area (Å²) in [5.41, 5.74) is 2.46. The lowest BCUT2D eigenvalue weighted by Crippen LogP contribution is -1.77. The van der Waals surface area contributed by atoms with Crippen molar-refractivity contribution in [3.8, 4) is 6.07 Å². The zero-order valence-corrected chi connectivity index (χ0v) is 7.83. The third kappa shape index (κ3) is 3.57. The maximum atomic E-state index is 8.40. The first kappa shape index (κ1) is 9.54. The molecule has 1 heteroatoms. The van der Waals surface area contributed by atoms with Gasteiger partial charge in [-0.15, -0.1) is 0 Å². The van der Waals surface area contributed by atoms with Crippen molar-refractivity contribution in [2.75, 3.05) is 0 Å². The van der Waals surface area contributed by atoms with Gasteiger partial charge in [0.2, 0.25) is 0 Å². The van der Waals surface area contributed by atoms with Crippen LogP contribution in [0, 0.1) is 11.3 Å². The summed E-state index contributed by atoms with van der Waals surface area (Å²) in [5.74, 6) is 0. The molecule has 0 saturated carbocycles. The molecule has 13 heavy (non-hydrogen) atoms. The molecule has 0 radical (unpaired) electrons. The van der Waals surface area contributed by atoms with Gasteiger partial charge in [-0.25, -0.2) is 0 Å². The van der Waals surface area contributed by atoms with E-state index in [1.807, 2.05) is 18.2 Å². The average Bonchev–Trinajstić information content (AvgIpc) is 2.16. The zero-order valence-electron chi connectivity index (χ0n) is 7.83. The predicted octanol–water partition coefficient (Wildman–Crippen LogP) is 3.39. The van der Waals surface area contributed by atoms with Crippen LogP contribution in [0.4, 0.5) is 0 Å². The molecule has 0 aliphatic rings. The third-order valence-electron chi connectivity index (χ3n) is 1.84. The van der Waals surface area contributed by atoms with Crippen LogP contribution < -0.4 is 0 Å². The molecule has 0 aliphatic carbocycles. The van der Waals surface area contributed by atoms with Crippen molar-refractivity contribution in [3.05, 3.63) is 41.5 Å². The molecule has 0 N–H and O–H groups in total. The van der Waals surface area contributed by atoms with Crippen molar-refractivity contribution in [1.82, 2.24) is 0 Å². The molecule has 1 rings (SSSR count). The average molecular weight is 171 g/mol. The number of hydrogen-bond donors (Lipinski definition) is 0. The van der Waals surface area contributed by atoms with Gasteiger partial charge in [-0.3, -0.25) is 0 Å². The van der Waals surface area contributed by atoms with E-state index in [2.05, 4.69) is 31.2 Å². The summed E-state index contributed by atoms with van der Waals surface area (Å²) in [6, 6.07) is 12.3. The molecule has 0 bridgehead atoms. The van der Waals surface area contributed by atoms with E-state index in [0.717, 1.165) is 6.42 Å². The lowest BCUT2D eigenvalue weighted by molar-refractivity contribution is 0.996. The molecule has 0 unspecified atom stereocenters. The Balaban J connectivity index is 2.61. The Kier molecular flexibility index (Phi) is 3.78. The van der Waals surface area contributed by atoms with Gasteiger partial charge in [-0.05, 0) is 18.9 Å². The van der Waals surface area contributed by atoms with E-state index < -0.39 is 0 Å². The molecule has 1 aromatic carbocycles. The molecular formula is C12H13N. The fraction of sp³-hybridized carbons (Fsp3) is 0.250. The maximum absolute atomic E-state index is 8.40. The van der Waals surface area contributed by atoms with Crippen molar-refractivity contribution in [1.29, 1.82) is 5.26 Å². The second-order valence-corrected chi connectivity index (χ2v) is 3.06. The van der Waals surface area contributed by atoms with Gasteiger partial charge >= 0.3 is 0 Å². The van der Waals surface area contributed by atoms with E-state index in [4.69, 9.17) is 5.26 Å². The topological polar surface area (TPSA) is 23.8 Å². The van der Waals surface area contributed by atoms with Crippen molar-refractivity contribution < 1.29 is 0 Å². The molecule has 1 aromatic rings. The highest BCUT2D eigenvalue weighted by Crippen LogP contribution is 2.09. The zero-order chi connectivity index (χ0) is 9.52. The Morgan fingerprint density at radius 3 is 2.69 bits per heavy atom. The summed E-state index contributed by atoms with van der Waals surface area (Å²) in [7, 11) is 0. The molecule has 0 heterocycles. The van der Waals surface area contributed by atoms with Crippen LogP contribution in [0.25, 0.3) is 6.08 Å². The summed E-state index contributed by atoms with van der Waals surface area (Å²) < 4.78 is 0. The molecule has 0 aromatic heterocycles. The van der Waals surface area contributed by atoms with Gasteiger partial charge in [0, 0.05) is 6.42 Å². The number of rotatable bonds is 3. The number of nitriles is 1. The highest BCUT2D eigenvalue weighted by molar-refractivity contribution is 5.51. The molecule has 0 saturated heterocycles. The molecular weight excluding hydrogens is 158 g/mol. The Morgan fingerprint density at radius 1 is 1.38 bits per heavy atom. The number of hydrogen-bond acceptors (Lipinski definition) is 1. The van der Waals surface area contributed by atoms with Crippen molar-refractivity contribution in [2.24, 2.45) is 0 Å². The number of benzene rings is 1. The smallest absolute Gasteiger partial charge is 0.0625 e. The summed E-state index contributed by atoms with van der Waals surface area (Å²) >= 11 is 0. The minimum absolute atomic E-state index is 0.606. The predicted molar refractivity (Wildman–Crippen MR) is 54.9 cm³/mol. The Morgan fingerprint density at radius 2 is 2.08 bits per heavy atom. The fourth-order valence-corrected chi connectivity index (χ4v) is 1.16. The van der Waals surface area contributed by atoms with Crippen molar-refractivity contribution in [3.63, 3.8) is 0 Å². The SMILES string of the molecule is C/C(=C\c1ccccc1)CCC#N.